The van der Waals surface area contributed by atoms with Crippen LogP contribution in [0.5, 0.6) is 0 Å². The molecule has 0 bridgehead atoms. The van der Waals surface area contributed by atoms with E-state index in [9.17, 15) is 9.59 Å². The van der Waals surface area contributed by atoms with E-state index in [1.807, 2.05) is 0 Å². The van der Waals surface area contributed by atoms with E-state index in [0.717, 1.165) is 4.57 Å². The minimum Gasteiger partial charge on any atom is -0.480 e. The van der Waals surface area contributed by atoms with Gasteiger partial charge in [0.1, 0.15) is 18.0 Å². The van der Waals surface area contributed by atoms with Crippen molar-refractivity contribution in [3.05, 3.63) is 21.3 Å². The van der Waals surface area contributed by atoms with Crippen molar-refractivity contribution in [2.45, 2.75) is 6.54 Å². The first-order valence-corrected chi connectivity index (χ1v) is 4.60. The Morgan fingerprint density at radius 3 is 3.00 bits per heavy atom. The number of aromatic nitrogens is 4. The summed E-state index contributed by atoms with van der Waals surface area (Å²) in [6, 6.07) is 1.37. The van der Waals surface area contributed by atoms with Gasteiger partial charge in [0, 0.05) is 6.07 Å². The Hall–Kier alpha value is -2.16. The van der Waals surface area contributed by atoms with Crippen LogP contribution in [0, 0.1) is 4.77 Å². The molecule has 0 unspecified atom stereocenters. The number of H-pyrrole nitrogens is 1. The van der Waals surface area contributed by atoms with E-state index in [1.54, 1.807) is 0 Å². The molecule has 0 aliphatic rings. The largest absolute Gasteiger partial charge is 0.480 e. The van der Waals surface area contributed by atoms with Crippen LogP contribution in [-0.2, 0) is 11.3 Å². The number of aromatic amines is 1. The zero-order valence-corrected chi connectivity index (χ0v) is 8.69. The lowest BCUT2D eigenvalue weighted by atomic mass is 10.5. The summed E-state index contributed by atoms with van der Waals surface area (Å²) in [5.74, 6) is -1.01. The molecule has 2 aromatic rings. The fourth-order valence-electron chi connectivity index (χ4n) is 1.34. The van der Waals surface area contributed by atoms with E-state index in [0.29, 0.717) is 0 Å². The van der Waals surface area contributed by atoms with Crippen LogP contribution >= 0.6 is 12.2 Å². The summed E-state index contributed by atoms with van der Waals surface area (Å²) in [5.41, 5.74) is 5.15. The van der Waals surface area contributed by atoms with E-state index in [1.165, 1.54) is 10.6 Å². The fourth-order valence-corrected chi connectivity index (χ4v) is 1.58. The molecule has 2 aromatic heterocycles. The number of nitrogen functional groups attached to an aromatic ring is 1. The van der Waals surface area contributed by atoms with Crippen LogP contribution in [0.4, 0.5) is 5.82 Å². The zero-order valence-electron chi connectivity index (χ0n) is 7.88. The van der Waals surface area contributed by atoms with E-state index >= 15 is 0 Å². The second-order valence-electron chi connectivity index (χ2n) is 3.05. The van der Waals surface area contributed by atoms with Crippen molar-refractivity contribution in [1.82, 2.24) is 19.2 Å². The lowest BCUT2D eigenvalue weighted by Crippen LogP contribution is -2.21. The Morgan fingerprint density at radius 2 is 2.38 bits per heavy atom. The predicted octanol–water partition coefficient (Wildman–Crippen LogP) is -0.780. The highest BCUT2D eigenvalue weighted by Gasteiger charge is 2.10. The normalized spacial score (nSPS) is 10.8. The molecule has 0 aromatic carbocycles. The quantitative estimate of drug-likeness (QED) is 0.593. The van der Waals surface area contributed by atoms with Gasteiger partial charge in [0.15, 0.2) is 0 Å². The summed E-state index contributed by atoms with van der Waals surface area (Å²) in [6.07, 6.45) is 0. The number of nitrogens with zero attached hydrogens (tertiary/aromatic N) is 3. The van der Waals surface area contributed by atoms with Crippen molar-refractivity contribution in [3.8, 4) is 0 Å². The van der Waals surface area contributed by atoms with Gasteiger partial charge >= 0.3 is 11.7 Å². The number of carbonyl (C=O) groups is 1. The maximum absolute atomic E-state index is 11.4. The van der Waals surface area contributed by atoms with Gasteiger partial charge in [0.25, 0.3) is 0 Å². The van der Waals surface area contributed by atoms with Crippen LogP contribution in [0.3, 0.4) is 0 Å². The maximum Gasteiger partial charge on any atom is 0.342 e. The average Bonchev–Trinajstić information content (AvgIpc) is 2.45. The van der Waals surface area contributed by atoms with Gasteiger partial charge in [-0.1, -0.05) is 0 Å². The van der Waals surface area contributed by atoms with Gasteiger partial charge in [-0.15, -0.1) is 0 Å². The summed E-state index contributed by atoms with van der Waals surface area (Å²) in [4.78, 5) is 25.8. The molecule has 0 aliphatic heterocycles. The van der Waals surface area contributed by atoms with Crippen LogP contribution < -0.4 is 11.4 Å². The van der Waals surface area contributed by atoms with Gasteiger partial charge in [-0.25, -0.2) is 19.4 Å². The molecule has 0 radical (unpaired) electrons. The molecule has 0 atom stereocenters. The Kier molecular flexibility index (Phi) is 2.23. The van der Waals surface area contributed by atoms with Gasteiger partial charge < -0.3 is 10.8 Å². The summed E-state index contributed by atoms with van der Waals surface area (Å²) in [6.45, 7) is -0.468. The Bertz CT molecular complexity index is 681. The fraction of sp³-hybridized carbons (Fsp3) is 0.143. The highest BCUT2D eigenvalue weighted by atomic mass is 32.1. The minimum atomic E-state index is -1.13. The van der Waals surface area contributed by atoms with Crippen molar-refractivity contribution < 1.29 is 9.90 Å². The van der Waals surface area contributed by atoms with Crippen molar-refractivity contribution in [2.75, 3.05) is 5.73 Å². The number of nitrogens with two attached hydrogens (primary N) is 1. The van der Waals surface area contributed by atoms with E-state index in [-0.39, 0.29) is 16.2 Å². The monoisotopic (exact) mass is 241 g/mol. The van der Waals surface area contributed by atoms with Crippen LogP contribution in [-0.4, -0.2) is 30.2 Å². The van der Waals surface area contributed by atoms with Gasteiger partial charge in [-0.2, -0.15) is 0 Å². The zero-order chi connectivity index (χ0) is 11.9. The minimum absolute atomic E-state index is 0.0660. The number of hydrogen-bond donors (Lipinski definition) is 3. The SMILES string of the molecule is Nc1cc2n(CC(=O)O)c(=O)[nH]n2c(=S)n1. The van der Waals surface area contributed by atoms with Gasteiger partial charge in [0.2, 0.25) is 4.77 Å². The average molecular weight is 241 g/mol. The molecular weight excluding hydrogens is 234 g/mol. The molecule has 0 saturated carbocycles. The predicted molar refractivity (Wildman–Crippen MR) is 56.7 cm³/mol. The molecule has 0 aliphatic carbocycles. The van der Waals surface area contributed by atoms with E-state index in [2.05, 4.69) is 10.1 Å². The molecule has 9 heteroatoms. The van der Waals surface area contributed by atoms with Crippen LogP contribution in [0.1, 0.15) is 0 Å². The first kappa shape index (κ1) is 10.4. The van der Waals surface area contributed by atoms with Crippen LogP contribution in [0.2, 0.25) is 0 Å². The summed E-state index contributed by atoms with van der Waals surface area (Å²) >= 11 is 4.87. The molecule has 2 rings (SSSR count). The number of hydrogen-bond acceptors (Lipinski definition) is 5. The first-order chi connectivity index (χ1) is 7.49. The Morgan fingerprint density at radius 1 is 1.69 bits per heavy atom. The third kappa shape index (κ3) is 1.56. The number of carboxylic acids is 1. The van der Waals surface area contributed by atoms with E-state index < -0.39 is 18.2 Å². The van der Waals surface area contributed by atoms with Gasteiger partial charge in [-0.3, -0.25) is 9.36 Å². The number of carboxylic acid groups (broad SMARTS) is 1. The summed E-state index contributed by atoms with van der Waals surface area (Å²) in [5, 5.41) is 11.0. The first-order valence-electron chi connectivity index (χ1n) is 4.19. The smallest absolute Gasteiger partial charge is 0.342 e. The Balaban J connectivity index is 2.83. The highest BCUT2D eigenvalue weighted by molar-refractivity contribution is 7.71. The molecule has 0 spiro atoms. The second kappa shape index (κ2) is 3.45. The lowest BCUT2D eigenvalue weighted by Gasteiger charge is -1.99. The third-order valence-electron chi connectivity index (χ3n) is 1.94. The number of fused-ring (bicyclic) bond motifs is 1. The molecular formula is C7H7N5O3S. The molecule has 8 nitrogen and oxygen atoms in total. The second-order valence-corrected chi connectivity index (χ2v) is 3.42. The maximum atomic E-state index is 11.4. The highest BCUT2D eigenvalue weighted by Crippen LogP contribution is 2.04. The van der Waals surface area contributed by atoms with Gasteiger partial charge in [-0.05, 0) is 12.2 Å². The lowest BCUT2D eigenvalue weighted by molar-refractivity contribution is -0.137. The molecule has 0 saturated heterocycles. The van der Waals surface area contributed by atoms with Crippen LogP contribution in [0.15, 0.2) is 10.9 Å². The summed E-state index contributed by atoms with van der Waals surface area (Å²) in [7, 11) is 0. The van der Waals surface area contributed by atoms with Crippen molar-refractivity contribution >= 4 is 29.7 Å². The standard InChI is InChI=1S/C7H7N5O3S/c8-3-1-4-11(2-5(13)14)6(15)10-12(4)7(16)9-3/h1H,2H2,(H,10,15)(H,13,14)(H2,8,9,16). The Labute approximate surface area is 92.9 Å². The molecule has 4 N–H and O–H groups in total. The molecule has 16 heavy (non-hydrogen) atoms. The third-order valence-corrected chi connectivity index (χ3v) is 2.22. The van der Waals surface area contributed by atoms with Crippen LogP contribution in [0.25, 0.3) is 5.65 Å². The van der Waals surface area contributed by atoms with Crippen molar-refractivity contribution in [1.29, 1.82) is 0 Å². The molecule has 0 fully saturated rings. The van der Waals surface area contributed by atoms with Crippen molar-refractivity contribution in [3.63, 3.8) is 0 Å². The molecule has 2 heterocycles. The van der Waals surface area contributed by atoms with Gasteiger partial charge in [0.05, 0.1) is 0 Å². The number of anilines is 1. The molecule has 84 valence electrons. The van der Waals surface area contributed by atoms with E-state index in [4.69, 9.17) is 23.1 Å². The summed E-state index contributed by atoms with van der Waals surface area (Å²) < 4.78 is 2.28. The topological polar surface area (TPSA) is 118 Å². The molecule has 0 amide bonds. The number of aliphatic carboxylic acids is 1. The number of rotatable bonds is 2. The van der Waals surface area contributed by atoms with Crippen molar-refractivity contribution in [2.24, 2.45) is 0 Å². The number of nitrogens with one attached hydrogen (secondary N) is 1.